The van der Waals surface area contributed by atoms with Crippen molar-refractivity contribution in [3.8, 4) is 11.4 Å². The van der Waals surface area contributed by atoms with Crippen LogP contribution in [0.3, 0.4) is 0 Å². The Bertz CT molecular complexity index is 525. The number of halogens is 2. The molecule has 0 spiro atoms. The van der Waals surface area contributed by atoms with Crippen LogP contribution in [0.25, 0.3) is 11.4 Å². The summed E-state index contributed by atoms with van der Waals surface area (Å²) in [5, 5.41) is 13.1. The SMILES string of the molecule is NCC[C@H](O)c1nc(-c2cc(F)cc(F)c2)no1. The van der Waals surface area contributed by atoms with E-state index in [1.807, 2.05) is 0 Å². The fourth-order valence-corrected chi connectivity index (χ4v) is 1.45. The van der Waals surface area contributed by atoms with E-state index in [1.54, 1.807) is 0 Å². The monoisotopic (exact) mass is 255 g/mol. The number of aliphatic hydroxyl groups excluding tert-OH is 1. The van der Waals surface area contributed by atoms with Crippen LogP contribution in [0.15, 0.2) is 22.7 Å². The summed E-state index contributed by atoms with van der Waals surface area (Å²) in [5.41, 5.74) is 5.42. The van der Waals surface area contributed by atoms with Crippen LogP contribution < -0.4 is 5.73 Å². The summed E-state index contributed by atoms with van der Waals surface area (Å²) < 4.78 is 30.8. The fraction of sp³-hybridized carbons (Fsp3) is 0.273. The third-order valence-electron chi connectivity index (χ3n) is 2.29. The number of aliphatic hydroxyl groups is 1. The van der Waals surface area contributed by atoms with Gasteiger partial charge in [0, 0.05) is 11.6 Å². The van der Waals surface area contributed by atoms with Gasteiger partial charge in [-0.2, -0.15) is 4.98 Å². The summed E-state index contributed by atoms with van der Waals surface area (Å²) in [6.45, 7) is 0.257. The minimum absolute atomic E-state index is 0.0134. The number of hydrogen-bond acceptors (Lipinski definition) is 5. The molecule has 1 aromatic carbocycles. The van der Waals surface area contributed by atoms with Gasteiger partial charge < -0.3 is 15.4 Å². The molecule has 1 atom stereocenters. The van der Waals surface area contributed by atoms with Gasteiger partial charge in [-0.25, -0.2) is 8.78 Å². The van der Waals surface area contributed by atoms with E-state index in [9.17, 15) is 13.9 Å². The minimum Gasteiger partial charge on any atom is -0.383 e. The van der Waals surface area contributed by atoms with Crippen molar-refractivity contribution in [1.29, 1.82) is 0 Å². The molecule has 0 saturated heterocycles. The van der Waals surface area contributed by atoms with Crippen LogP contribution in [-0.4, -0.2) is 21.8 Å². The molecule has 0 aliphatic rings. The standard InChI is InChI=1S/C11H11F2N3O2/c12-7-3-6(4-8(13)5-7)10-15-11(18-16-10)9(17)1-2-14/h3-5,9,17H,1-2,14H2/t9-/m0/s1. The predicted octanol–water partition coefficient (Wildman–Crippen LogP) is 1.40. The van der Waals surface area contributed by atoms with Gasteiger partial charge in [0.1, 0.15) is 17.7 Å². The zero-order valence-corrected chi connectivity index (χ0v) is 9.31. The molecule has 1 heterocycles. The lowest BCUT2D eigenvalue weighted by Gasteiger charge is -2.01. The number of benzene rings is 1. The highest BCUT2D eigenvalue weighted by Crippen LogP contribution is 2.21. The Morgan fingerprint density at radius 2 is 1.94 bits per heavy atom. The quantitative estimate of drug-likeness (QED) is 0.862. The number of hydrogen-bond donors (Lipinski definition) is 2. The van der Waals surface area contributed by atoms with Gasteiger partial charge in [-0.1, -0.05) is 5.16 Å². The van der Waals surface area contributed by atoms with E-state index in [1.165, 1.54) is 0 Å². The van der Waals surface area contributed by atoms with E-state index in [0.717, 1.165) is 18.2 Å². The van der Waals surface area contributed by atoms with Crippen LogP contribution in [0.2, 0.25) is 0 Å². The third-order valence-corrected chi connectivity index (χ3v) is 2.29. The zero-order chi connectivity index (χ0) is 13.1. The first-order valence-electron chi connectivity index (χ1n) is 5.28. The van der Waals surface area contributed by atoms with E-state index in [2.05, 4.69) is 10.1 Å². The summed E-state index contributed by atoms with van der Waals surface area (Å²) in [6.07, 6.45) is -0.714. The molecule has 1 aromatic heterocycles. The van der Waals surface area contributed by atoms with Crippen molar-refractivity contribution in [2.45, 2.75) is 12.5 Å². The Morgan fingerprint density at radius 3 is 2.56 bits per heavy atom. The molecule has 0 amide bonds. The Kier molecular flexibility index (Phi) is 3.63. The Labute approximate surface area is 101 Å². The second kappa shape index (κ2) is 5.19. The summed E-state index contributed by atoms with van der Waals surface area (Å²) in [6, 6.07) is 2.90. The normalized spacial score (nSPS) is 12.7. The lowest BCUT2D eigenvalue weighted by molar-refractivity contribution is 0.127. The van der Waals surface area contributed by atoms with Crippen molar-refractivity contribution < 1.29 is 18.4 Å². The van der Waals surface area contributed by atoms with Crippen LogP contribution in [-0.2, 0) is 0 Å². The zero-order valence-electron chi connectivity index (χ0n) is 9.31. The summed E-state index contributed by atoms with van der Waals surface area (Å²) in [5.74, 6) is -1.49. The number of rotatable bonds is 4. The van der Waals surface area contributed by atoms with Crippen molar-refractivity contribution in [2.24, 2.45) is 5.73 Å². The van der Waals surface area contributed by atoms with Crippen molar-refractivity contribution in [1.82, 2.24) is 10.1 Å². The van der Waals surface area contributed by atoms with E-state index >= 15 is 0 Å². The van der Waals surface area contributed by atoms with E-state index < -0.39 is 17.7 Å². The van der Waals surface area contributed by atoms with Gasteiger partial charge >= 0.3 is 0 Å². The minimum atomic E-state index is -0.977. The average Bonchev–Trinajstić information content (AvgIpc) is 2.77. The number of aromatic nitrogens is 2. The van der Waals surface area contributed by atoms with Gasteiger partial charge in [0.25, 0.3) is 5.89 Å². The van der Waals surface area contributed by atoms with Crippen LogP contribution in [0.5, 0.6) is 0 Å². The molecule has 3 N–H and O–H groups in total. The smallest absolute Gasteiger partial charge is 0.255 e. The molecule has 0 unspecified atom stereocenters. The molecule has 5 nitrogen and oxygen atoms in total. The third kappa shape index (κ3) is 2.69. The lowest BCUT2D eigenvalue weighted by atomic mass is 10.2. The van der Waals surface area contributed by atoms with E-state index in [4.69, 9.17) is 10.3 Å². The predicted molar refractivity (Wildman–Crippen MR) is 58.3 cm³/mol. The average molecular weight is 255 g/mol. The van der Waals surface area contributed by atoms with Gasteiger partial charge in [-0.05, 0) is 25.1 Å². The molecule has 2 aromatic rings. The first kappa shape index (κ1) is 12.6. The molecule has 0 fully saturated rings. The Balaban J connectivity index is 2.29. The maximum Gasteiger partial charge on any atom is 0.255 e. The maximum absolute atomic E-state index is 13.0. The molecule has 7 heteroatoms. The molecular weight excluding hydrogens is 244 g/mol. The van der Waals surface area contributed by atoms with Crippen LogP contribution >= 0.6 is 0 Å². The number of nitrogens with zero attached hydrogens (tertiary/aromatic N) is 2. The largest absolute Gasteiger partial charge is 0.383 e. The van der Waals surface area contributed by atoms with Crippen molar-refractivity contribution in [2.75, 3.05) is 6.54 Å². The topological polar surface area (TPSA) is 85.2 Å². The highest BCUT2D eigenvalue weighted by molar-refractivity contribution is 5.54. The van der Waals surface area contributed by atoms with Crippen LogP contribution in [0.4, 0.5) is 8.78 Å². The van der Waals surface area contributed by atoms with Crippen molar-refractivity contribution in [3.63, 3.8) is 0 Å². The highest BCUT2D eigenvalue weighted by Gasteiger charge is 2.16. The van der Waals surface area contributed by atoms with Gasteiger partial charge in [0.05, 0.1) is 0 Å². The van der Waals surface area contributed by atoms with Crippen LogP contribution in [0.1, 0.15) is 18.4 Å². The molecule has 0 bridgehead atoms. The molecule has 18 heavy (non-hydrogen) atoms. The molecule has 0 aliphatic heterocycles. The van der Waals surface area contributed by atoms with Crippen molar-refractivity contribution >= 4 is 0 Å². The molecule has 0 radical (unpaired) electrons. The number of nitrogens with two attached hydrogens (primary N) is 1. The van der Waals surface area contributed by atoms with Gasteiger partial charge in [0.15, 0.2) is 0 Å². The van der Waals surface area contributed by atoms with E-state index in [-0.39, 0.29) is 30.2 Å². The maximum atomic E-state index is 13.0. The summed E-state index contributed by atoms with van der Waals surface area (Å²) >= 11 is 0. The molecule has 96 valence electrons. The van der Waals surface area contributed by atoms with Gasteiger partial charge in [-0.15, -0.1) is 0 Å². The molecule has 2 rings (SSSR count). The Morgan fingerprint density at radius 1 is 1.28 bits per heavy atom. The first-order chi connectivity index (χ1) is 8.60. The molecular formula is C11H11F2N3O2. The molecule has 0 aliphatic carbocycles. The van der Waals surface area contributed by atoms with Gasteiger partial charge in [0.2, 0.25) is 5.82 Å². The highest BCUT2D eigenvalue weighted by atomic mass is 19.1. The van der Waals surface area contributed by atoms with Gasteiger partial charge in [-0.3, -0.25) is 0 Å². The Hall–Kier alpha value is -1.86. The summed E-state index contributed by atoms with van der Waals surface area (Å²) in [4.78, 5) is 3.86. The second-order valence-corrected chi connectivity index (χ2v) is 3.71. The second-order valence-electron chi connectivity index (χ2n) is 3.71. The molecule has 0 saturated carbocycles. The van der Waals surface area contributed by atoms with Crippen molar-refractivity contribution in [3.05, 3.63) is 35.7 Å². The van der Waals surface area contributed by atoms with Crippen LogP contribution in [0, 0.1) is 11.6 Å². The first-order valence-corrected chi connectivity index (χ1v) is 5.28. The fourth-order valence-electron chi connectivity index (χ4n) is 1.45. The van der Waals surface area contributed by atoms with E-state index in [0.29, 0.717) is 0 Å². The lowest BCUT2D eigenvalue weighted by Crippen LogP contribution is -2.06. The summed E-state index contributed by atoms with van der Waals surface area (Å²) in [7, 11) is 0.